The van der Waals surface area contributed by atoms with Crippen LogP contribution in [0.3, 0.4) is 0 Å². The van der Waals surface area contributed by atoms with Crippen molar-refractivity contribution in [3.63, 3.8) is 0 Å². The van der Waals surface area contributed by atoms with E-state index >= 15 is 0 Å². The fourth-order valence-corrected chi connectivity index (χ4v) is 4.55. The standard InChI is InChI=1S/C18H28O4/c1-6-12-10-13(12)9-11(2)21-15(20)18-8-7-17(5,14(19)22-18)16(18,3)4/h11-13H,6-10H2,1-5H3/t11-,12-,13+,17-,18+/m0/s1. The van der Waals surface area contributed by atoms with Crippen LogP contribution in [0.25, 0.3) is 0 Å². The van der Waals surface area contributed by atoms with Gasteiger partial charge in [0.15, 0.2) is 0 Å². The maximum atomic E-state index is 12.8. The molecule has 22 heavy (non-hydrogen) atoms. The summed E-state index contributed by atoms with van der Waals surface area (Å²) in [5.74, 6) is 0.906. The third-order valence-corrected chi connectivity index (χ3v) is 6.95. The molecule has 0 aromatic carbocycles. The van der Waals surface area contributed by atoms with Crippen LogP contribution in [-0.2, 0) is 19.1 Å². The lowest BCUT2D eigenvalue weighted by Crippen LogP contribution is -2.49. The number of esters is 2. The minimum absolute atomic E-state index is 0.106. The molecule has 5 atom stereocenters. The molecule has 0 amide bonds. The first-order valence-electron chi connectivity index (χ1n) is 8.62. The maximum Gasteiger partial charge on any atom is 0.351 e. The Labute approximate surface area is 132 Å². The highest BCUT2D eigenvalue weighted by molar-refractivity contribution is 5.93. The largest absolute Gasteiger partial charge is 0.460 e. The number of rotatable bonds is 5. The highest BCUT2D eigenvalue weighted by Gasteiger charge is 2.76. The summed E-state index contributed by atoms with van der Waals surface area (Å²) in [6, 6.07) is 0. The summed E-state index contributed by atoms with van der Waals surface area (Å²) in [5, 5.41) is 0. The van der Waals surface area contributed by atoms with E-state index in [1.807, 2.05) is 27.7 Å². The van der Waals surface area contributed by atoms with E-state index in [0.717, 1.165) is 12.3 Å². The Kier molecular flexibility index (Phi) is 3.39. The van der Waals surface area contributed by atoms with Gasteiger partial charge >= 0.3 is 11.9 Å². The lowest BCUT2D eigenvalue weighted by atomic mass is 9.66. The number of ether oxygens (including phenoxy) is 2. The molecule has 2 saturated carbocycles. The van der Waals surface area contributed by atoms with Crippen LogP contribution >= 0.6 is 0 Å². The molecule has 0 radical (unpaired) electrons. The molecule has 0 aromatic heterocycles. The monoisotopic (exact) mass is 308 g/mol. The molecular formula is C18H28O4. The van der Waals surface area contributed by atoms with Crippen LogP contribution in [-0.4, -0.2) is 23.6 Å². The summed E-state index contributed by atoms with van der Waals surface area (Å²) in [5.41, 5.74) is -2.17. The van der Waals surface area contributed by atoms with E-state index in [-0.39, 0.29) is 18.0 Å². The van der Waals surface area contributed by atoms with Crippen LogP contribution in [0.5, 0.6) is 0 Å². The van der Waals surface area contributed by atoms with Crippen LogP contribution in [0.2, 0.25) is 0 Å². The summed E-state index contributed by atoms with van der Waals surface area (Å²) in [6.45, 7) is 10.0. The average Bonchev–Trinajstić information content (AvgIpc) is 3.12. The van der Waals surface area contributed by atoms with E-state index in [1.54, 1.807) is 0 Å². The number of hydrogen-bond acceptors (Lipinski definition) is 4. The van der Waals surface area contributed by atoms with E-state index in [2.05, 4.69) is 6.92 Å². The summed E-state index contributed by atoms with van der Waals surface area (Å²) in [4.78, 5) is 25.0. The van der Waals surface area contributed by atoms with Crippen LogP contribution in [0, 0.1) is 22.7 Å². The SMILES string of the molecule is CC[C@H]1C[C@H]1C[C@H](C)OC(=O)[C@@]12CC[C@@](C)(C(=O)O1)C2(C)C. The lowest BCUT2D eigenvalue weighted by molar-refractivity contribution is -0.187. The van der Waals surface area contributed by atoms with Gasteiger partial charge in [0.05, 0.1) is 11.5 Å². The van der Waals surface area contributed by atoms with Gasteiger partial charge in [-0.25, -0.2) is 4.79 Å². The molecular weight excluding hydrogens is 280 g/mol. The average molecular weight is 308 g/mol. The highest BCUT2D eigenvalue weighted by atomic mass is 16.6. The van der Waals surface area contributed by atoms with E-state index in [1.165, 1.54) is 12.8 Å². The van der Waals surface area contributed by atoms with Gasteiger partial charge in [-0.2, -0.15) is 0 Å². The van der Waals surface area contributed by atoms with Gasteiger partial charge in [-0.05, 0) is 51.4 Å². The van der Waals surface area contributed by atoms with Crippen LogP contribution in [0.15, 0.2) is 0 Å². The molecule has 0 aromatic rings. The van der Waals surface area contributed by atoms with Gasteiger partial charge < -0.3 is 9.47 Å². The summed E-state index contributed by atoms with van der Waals surface area (Å²) < 4.78 is 11.3. The van der Waals surface area contributed by atoms with Crippen LogP contribution in [0.1, 0.15) is 66.7 Å². The van der Waals surface area contributed by atoms with Crippen LogP contribution in [0.4, 0.5) is 0 Å². The number of carbonyl (C=O) groups is 2. The predicted molar refractivity (Wildman–Crippen MR) is 82.0 cm³/mol. The molecule has 0 N–H and O–H groups in total. The topological polar surface area (TPSA) is 52.6 Å². The van der Waals surface area contributed by atoms with E-state index < -0.39 is 16.4 Å². The van der Waals surface area contributed by atoms with Crippen molar-refractivity contribution in [3.8, 4) is 0 Å². The van der Waals surface area contributed by atoms with Crippen molar-refractivity contribution >= 4 is 11.9 Å². The second-order valence-electron chi connectivity index (χ2n) is 8.29. The minimum Gasteiger partial charge on any atom is -0.460 e. The molecule has 2 aliphatic carbocycles. The Morgan fingerprint density at radius 2 is 2.00 bits per heavy atom. The Balaban J connectivity index is 1.69. The smallest absolute Gasteiger partial charge is 0.351 e. The molecule has 124 valence electrons. The van der Waals surface area contributed by atoms with Gasteiger partial charge in [-0.3, -0.25) is 4.79 Å². The van der Waals surface area contributed by atoms with Crippen molar-refractivity contribution in [1.29, 1.82) is 0 Å². The van der Waals surface area contributed by atoms with Crippen molar-refractivity contribution in [1.82, 2.24) is 0 Å². The first-order valence-corrected chi connectivity index (χ1v) is 8.62. The normalized spacial score (nSPS) is 42.9. The third kappa shape index (κ3) is 1.88. The molecule has 1 heterocycles. The molecule has 4 heteroatoms. The summed E-state index contributed by atoms with van der Waals surface area (Å²) in [6.07, 6.45) is 4.55. The second kappa shape index (κ2) is 4.72. The molecule has 3 aliphatic rings. The van der Waals surface area contributed by atoms with Gasteiger partial charge in [-0.15, -0.1) is 0 Å². The molecule has 0 unspecified atom stereocenters. The van der Waals surface area contributed by atoms with Gasteiger partial charge in [0.1, 0.15) is 0 Å². The number of hydrogen-bond donors (Lipinski definition) is 0. The van der Waals surface area contributed by atoms with Gasteiger partial charge in [0.25, 0.3) is 0 Å². The molecule has 0 spiro atoms. The zero-order chi connectivity index (χ0) is 16.3. The van der Waals surface area contributed by atoms with Crippen molar-refractivity contribution in [3.05, 3.63) is 0 Å². The first kappa shape index (κ1) is 15.8. The molecule has 4 nitrogen and oxygen atoms in total. The number of fused-ring (bicyclic) bond motifs is 2. The van der Waals surface area contributed by atoms with E-state index in [4.69, 9.17) is 9.47 Å². The van der Waals surface area contributed by atoms with Crippen molar-refractivity contribution in [2.24, 2.45) is 22.7 Å². The fourth-order valence-electron chi connectivity index (χ4n) is 4.55. The molecule has 3 fully saturated rings. The van der Waals surface area contributed by atoms with Gasteiger partial charge in [0, 0.05) is 5.41 Å². The predicted octanol–water partition coefficient (Wildman–Crippen LogP) is 3.48. The number of carbonyl (C=O) groups excluding carboxylic acids is 2. The molecule has 1 saturated heterocycles. The van der Waals surface area contributed by atoms with Crippen LogP contribution < -0.4 is 0 Å². The second-order valence-corrected chi connectivity index (χ2v) is 8.29. The van der Waals surface area contributed by atoms with Gasteiger partial charge in [-0.1, -0.05) is 27.2 Å². The Bertz CT molecular complexity index is 511. The quantitative estimate of drug-likeness (QED) is 0.730. The summed E-state index contributed by atoms with van der Waals surface area (Å²) in [7, 11) is 0. The molecule has 1 aliphatic heterocycles. The summed E-state index contributed by atoms with van der Waals surface area (Å²) >= 11 is 0. The van der Waals surface area contributed by atoms with Crippen molar-refractivity contribution < 1.29 is 19.1 Å². The molecule has 3 rings (SSSR count). The van der Waals surface area contributed by atoms with E-state index in [0.29, 0.717) is 18.8 Å². The highest BCUT2D eigenvalue weighted by Crippen LogP contribution is 2.65. The van der Waals surface area contributed by atoms with Crippen molar-refractivity contribution in [2.75, 3.05) is 0 Å². The minimum atomic E-state index is -1.08. The zero-order valence-corrected chi connectivity index (χ0v) is 14.4. The first-order chi connectivity index (χ1) is 10.2. The zero-order valence-electron chi connectivity index (χ0n) is 14.4. The maximum absolute atomic E-state index is 12.8. The third-order valence-electron chi connectivity index (χ3n) is 6.95. The Morgan fingerprint density at radius 3 is 2.45 bits per heavy atom. The Morgan fingerprint density at radius 1 is 1.32 bits per heavy atom. The van der Waals surface area contributed by atoms with E-state index in [9.17, 15) is 9.59 Å². The fraction of sp³-hybridized carbons (Fsp3) is 0.889. The Hall–Kier alpha value is -1.06. The lowest BCUT2D eigenvalue weighted by Gasteiger charge is -2.35. The van der Waals surface area contributed by atoms with Gasteiger partial charge in [0.2, 0.25) is 5.60 Å². The molecule has 2 bridgehead atoms. The van der Waals surface area contributed by atoms with Crippen molar-refractivity contribution in [2.45, 2.75) is 78.4 Å².